The molecule has 0 amide bonds. The van der Waals surface area contributed by atoms with Gasteiger partial charge in [-0.2, -0.15) is 4.98 Å². The molecule has 1 saturated heterocycles. The Hall–Kier alpha value is -1.76. The van der Waals surface area contributed by atoms with Gasteiger partial charge in [-0.25, -0.2) is 4.98 Å². The summed E-state index contributed by atoms with van der Waals surface area (Å²) in [4.78, 5) is 8.24. The number of hydrogen-bond acceptors (Lipinski definition) is 10. The van der Waals surface area contributed by atoms with E-state index >= 15 is 0 Å². The van der Waals surface area contributed by atoms with E-state index in [4.69, 9.17) is 0 Å². The van der Waals surface area contributed by atoms with Gasteiger partial charge < -0.3 is 31.9 Å². The summed E-state index contributed by atoms with van der Waals surface area (Å²) < 4.78 is 1.84. The third-order valence-electron chi connectivity index (χ3n) is 4.39. The van der Waals surface area contributed by atoms with E-state index in [1.807, 2.05) is 4.40 Å². The summed E-state index contributed by atoms with van der Waals surface area (Å²) >= 11 is 0. The molecule has 0 spiro atoms. The summed E-state index contributed by atoms with van der Waals surface area (Å²) in [7, 11) is 0. The fourth-order valence-electron chi connectivity index (χ4n) is 2.96. The zero-order chi connectivity index (χ0) is 18.6. The Labute approximate surface area is 159 Å². The van der Waals surface area contributed by atoms with Crippen LogP contribution in [-0.4, -0.2) is 96.6 Å². The van der Waals surface area contributed by atoms with Crippen LogP contribution in [0.15, 0.2) is 12.7 Å². The Bertz CT molecular complexity index is 628. The van der Waals surface area contributed by atoms with Gasteiger partial charge in [0.25, 0.3) is 5.78 Å². The standard InChI is InChI=1S/C16H31N11/c1-2-18-5-6-20-9-10-23-14(11-21-8-7-19-4-3-17-1)15-25-26-16-24-12-22-13-27(15)16/h12-14,17-21,23H,1-11H2. The van der Waals surface area contributed by atoms with Crippen molar-refractivity contribution < 1.29 is 0 Å². The number of nitrogens with zero attached hydrogens (tertiary/aromatic N) is 5. The lowest BCUT2D eigenvalue weighted by molar-refractivity contribution is 0.453. The fourth-order valence-corrected chi connectivity index (χ4v) is 2.96. The summed E-state index contributed by atoms with van der Waals surface area (Å²) in [6.07, 6.45) is 3.20. The molecular weight excluding hydrogens is 346 g/mol. The number of fused-ring (bicyclic) bond motifs is 1. The molecule has 1 fully saturated rings. The van der Waals surface area contributed by atoms with Crippen LogP contribution >= 0.6 is 0 Å². The molecule has 11 heteroatoms. The van der Waals surface area contributed by atoms with Crippen molar-refractivity contribution in [2.75, 3.05) is 72.0 Å². The summed E-state index contributed by atoms with van der Waals surface area (Å²) in [6, 6.07) is 0.0338. The molecule has 27 heavy (non-hydrogen) atoms. The second-order valence-electron chi connectivity index (χ2n) is 6.45. The Balaban J connectivity index is 1.56. The van der Waals surface area contributed by atoms with Gasteiger partial charge in [-0.15, -0.1) is 10.2 Å². The first-order valence-electron chi connectivity index (χ1n) is 9.73. The Morgan fingerprint density at radius 3 is 2.00 bits per heavy atom. The first kappa shape index (κ1) is 20.0. The van der Waals surface area contributed by atoms with Crippen LogP contribution in [-0.2, 0) is 0 Å². The Morgan fingerprint density at radius 2 is 1.33 bits per heavy atom. The largest absolute Gasteiger partial charge is 0.314 e. The zero-order valence-corrected chi connectivity index (χ0v) is 15.7. The SMILES string of the molecule is c1ncn2c(C3CNCCNCCNCCNCCNCCN3)nnc2n1. The zero-order valence-electron chi connectivity index (χ0n) is 15.7. The van der Waals surface area contributed by atoms with Gasteiger partial charge in [0, 0.05) is 72.0 Å². The Morgan fingerprint density at radius 1 is 0.741 bits per heavy atom. The van der Waals surface area contributed by atoms with Crippen LogP contribution in [0.2, 0.25) is 0 Å². The van der Waals surface area contributed by atoms with Gasteiger partial charge >= 0.3 is 0 Å². The minimum atomic E-state index is 0.0338. The molecule has 0 bridgehead atoms. The van der Waals surface area contributed by atoms with Gasteiger partial charge in [-0.1, -0.05) is 0 Å². The minimum absolute atomic E-state index is 0.0338. The lowest BCUT2D eigenvalue weighted by Crippen LogP contribution is -2.41. The van der Waals surface area contributed by atoms with E-state index in [1.54, 1.807) is 6.33 Å². The smallest absolute Gasteiger partial charge is 0.257 e. The van der Waals surface area contributed by atoms with Gasteiger partial charge in [0.15, 0.2) is 5.82 Å². The first-order valence-corrected chi connectivity index (χ1v) is 9.73. The predicted octanol–water partition coefficient (Wildman–Crippen LogP) is -2.89. The average molecular weight is 378 g/mol. The molecular formula is C16H31N11. The van der Waals surface area contributed by atoms with Gasteiger partial charge in [0.05, 0.1) is 6.04 Å². The lowest BCUT2D eigenvalue weighted by atomic mass is 10.2. The van der Waals surface area contributed by atoms with Crippen molar-refractivity contribution >= 4 is 5.78 Å². The van der Waals surface area contributed by atoms with Crippen molar-refractivity contribution in [1.82, 2.24) is 56.5 Å². The summed E-state index contributed by atoms with van der Waals surface area (Å²) in [5.74, 6) is 1.39. The molecule has 0 saturated carbocycles. The molecule has 2 aromatic rings. The van der Waals surface area contributed by atoms with Crippen molar-refractivity contribution in [2.45, 2.75) is 6.04 Å². The normalized spacial score (nSPS) is 22.9. The van der Waals surface area contributed by atoms with E-state index in [0.717, 1.165) is 77.8 Å². The molecule has 1 atom stereocenters. The van der Waals surface area contributed by atoms with Crippen LogP contribution in [0.4, 0.5) is 0 Å². The highest BCUT2D eigenvalue weighted by Crippen LogP contribution is 2.09. The maximum Gasteiger partial charge on any atom is 0.257 e. The summed E-state index contributed by atoms with van der Waals surface area (Å²) in [5, 5.41) is 29.3. The maximum atomic E-state index is 4.32. The molecule has 6 N–H and O–H groups in total. The van der Waals surface area contributed by atoms with E-state index in [1.165, 1.54) is 6.33 Å². The van der Waals surface area contributed by atoms with Crippen molar-refractivity contribution in [1.29, 1.82) is 0 Å². The highest BCUT2D eigenvalue weighted by Gasteiger charge is 2.17. The van der Waals surface area contributed by atoms with Crippen LogP contribution in [0, 0.1) is 0 Å². The monoisotopic (exact) mass is 377 g/mol. The van der Waals surface area contributed by atoms with E-state index < -0.39 is 0 Å². The van der Waals surface area contributed by atoms with Crippen molar-refractivity contribution in [3.8, 4) is 0 Å². The van der Waals surface area contributed by atoms with Gasteiger partial charge in [-0.05, 0) is 0 Å². The number of rotatable bonds is 1. The van der Waals surface area contributed by atoms with Crippen LogP contribution in [0.5, 0.6) is 0 Å². The van der Waals surface area contributed by atoms with E-state index in [-0.39, 0.29) is 6.04 Å². The van der Waals surface area contributed by atoms with E-state index in [2.05, 4.69) is 52.1 Å². The van der Waals surface area contributed by atoms with Gasteiger partial charge in [0.2, 0.25) is 0 Å². The third-order valence-corrected chi connectivity index (χ3v) is 4.39. The molecule has 1 aliphatic heterocycles. The molecule has 1 unspecified atom stereocenters. The highest BCUT2D eigenvalue weighted by atomic mass is 15.3. The summed E-state index contributed by atoms with van der Waals surface area (Å²) in [5.41, 5.74) is 0. The predicted molar refractivity (Wildman–Crippen MR) is 104 cm³/mol. The van der Waals surface area contributed by atoms with Crippen LogP contribution in [0.1, 0.15) is 11.9 Å². The number of nitrogens with one attached hydrogen (secondary N) is 6. The van der Waals surface area contributed by atoms with Crippen LogP contribution < -0.4 is 31.9 Å². The van der Waals surface area contributed by atoms with Gasteiger partial charge in [-0.3, -0.25) is 4.40 Å². The van der Waals surface area contributed by atoms with Crippen LogP contribution in [0.25, 0.3) is 5.78 Å². The van der Waals surface area contributed by atoms with Crippen molar-refractivity contribution in [3.05, 3.63) is 18.5 Å². The van der Waals surface area contributed by atoms with E-state index in [9.17, 15) is 0 Å². The molecule has 0 aliphatic carbocycles. The highest BCUT2D eigenvalue weighted by molar-refractivity contribution is 5.25. The van der Waals surface area contributed by atoms with E-state index in [0.29, 0.717) is 5.78 Å². The number of aromatic nitrogens is 5. The quantitative estimate of drug-likeness (QED) is 0.308. The third kappa shape index (κ3) is 6.72. The summed E-state index contributed by atoms with van der Waals surface area (Å²) in [6.45, 7) is 10.2. The molecule has 11 nitrogen and oxygen atoms in total. The lowest BCUT2D eigenvalue weighted by Gasteiger charge is -2.18. The average Bonchev–Trinajstić information content (AvgIpc) is 3.12. The molecule has 3 heterocycles. The Kier molecular flexibility index (Phi) is 8.77. The fraction of sp³-hybridized carbons (Fsp3) is 0.750. The van der Waals surface area contributed by atoms with Crippen molar-refractivity contribution in [3.63, 3.8) is 0 Å². The molecule has 0 radical (unpaired) electrons. The molecule has 150 valence electrons. The molecule has 2 aromatic heterocycles. The van der Waals surface area contributed by atoms with Crippen LogP contribution in [0.3, 0.4) is 0 Å². The first-order chi connectivity index (χ1) is 13.4. The number of hydrogen-bond donors (Lipinski definition) is 6. The molecule has 3 rings (SSSR count). The maximum absolute atomic E-state index is 4.32. The topological polar surface area (TPSA) is 128 Å². The molecule has 0 aromatic carbocycles. The minimum Gasteiger partial charge on any atom is -0.314 e. The molecule has 1 aliphatic rings. The second kappa shape index (κ2) is 11.8. The van der Waals surface area contributed by atoms with Crippen molar-refractivity contribution in [2.24, 2.45) is 0 Å². The van der Waals surface area contributed by atoms with Gasteiger partial charge in [0.1, 0.15) is 12.7 Å². The second-order valence-corrected chi connectivity index (χ2v) is 6.45.